The molecule has 3 nitrogen and oxygen atoms in total. The van der Waals surface area contributed by atoms with Crippen LogP contribution >= 0.6 is 0 Å². The minimum Gasteiger partial charge on any atom is -0.383 e. The Morgan fingerprint density at radius 3 is 2.61 bits per heavy atom. The first-order valence-electron chi connectivity index (χ1n) is 7.75. The molecule has 0 radical (unpaired) electrons. The molecule has 1 saturated heterocycles. The van der Waals surface area contributed by atoms with Crippen LogP contribution in [0.2, 0.25) is 0 Å². The van der Waals surface area contributed by atoms with Gasteiger partial charge in [0, 0.05) is 19.7 Å². The predicted molar refractivity (Wildman–Crippen MR) is 78.0 cm³/mol. The standard InChI is InChI=1S/C15H32N2O/c1-4-15(5-2)17(11-12-18-3)10-6-7-14-8-9-16-13-14/h14-16H,4-13H2,1-3H3. The molecule has 1 aliphatic rings. The normalized spacial score (nSPS) is 20.2. The van der Waals surface area contributed by atoms with E-state index >= 15 is 0 Å². The lowest BCUT2D eigenvalue weighted by Crippen LogP contribution is -2.37. The Morgan fingerprint density at radius 1 is 1.28 bits per heavy atom. The third kappa shape index (κ3) is 5.68. The van der Waals surface area contributed by atoms with Crippen molar-refractivity contribution in [3.8, 4) is 0 Å². The van der Waals surface area contributed by atoms with E-state index in [4.69, 9.17) is 4.74 Å². The summed E-state index contributed by atoms with van der Waals surface area (Å²) in [7, 11) is 1.80. The fourth-order valence-electron chi connectivity index (χ4n) is 3.03. The Bertz CT molecular complexity index is 189. The Balaban J connectivity index is 2.25. The molecule has 0 spiro atoms. The van der Waals surface area contributed by atoms with Crippen LogP contribution in [0, 0.1) is 5.92 Å². The van der Waals surface area contributed by atoms with Crippen molar-refractivity contribution >= 4 is 0 Å². The van der Waals surface area contributed by atoms with Gasteiger partial charge < -0.3 is 10.1 Å². The van der Waals surface area contributed by atoms with Gasteiger partial charge in [-0.25, -0.2) is 0 Å². The van der Waals surface area contributed by atoms with Crippen molar-refractivity contribution in [2.75, 3.05) is 39.9 Å². The molecule has 1 rings (SSSR count). The first-order chi connectivity index (χ1) is 8.81. The minimum atomic E-state index is 0.738. The largest absolute Gasteiger partial charge is 0.383 e. The molecule has 0 amide bonds. The van der Waals surface area contributed by atoms with Crippen LogP contribution < -0.4 is 5.32 Å². The van der Waals surface area contributed by atoms with Crippen molar-refractivity contribution in [1.29, 1.82) is 0 Å². The number of nitrogens with one attached hydrogen (secondary N) is 1. The zero-order valence-corrected chi connectivity index (χ0v) is 12.6. The first-order valence-corrected chi connectivity index (χ1v) is 7.75. The molecule has 1 unspecified atom stereocenters. The van der Waals surface area contributed by atoms with Crippen LogP contribution in [0.25, 0.3) is 0 Å². The second-order valence-corrected chi connectivity index (χ2v) is 5.50. The molecule has 0 aromatic carbocycles. The topological polar surface area (TPSA) is 24.5 Å². The van der Waals surface area contributed by atoms with Crippen LogP contribution in [-0.4, -0.2) is 50.8 Å². The van der Waals surface area contributed by atoms with Crippen LogP contribution in [-0.2, 0) is 4.74 Å². The summed E-state index contributed by atoms with van der Waals surface area (Å²) in [5, 5.41) is 3.46. The van der Waals surface area contributed by atoms with Gasteiger partial charge in [0.25, 0.3) is 0 Å². The first kappa shape index (κ1) is 15.9. The summed E-state index contributed by atoms with van der Waals surface area (Å²) in [5.74, 6) is 0.927. The van der Waals surface area contributed by atoms with Gasteiger partial charge in [-0.3, -0.25) is 4.90 Å². The summed E-state index contributed by atoms with van der Waals surface area (Å²) in [5.41, 5.74) is 0. The molecule has 0 saturated carbocycles. The van der Waals surface area contributed by atoms with E-state index in [1.165, 1.54) is 51.7 Å². The molecule has 0 aromatic rings. The molecule has 0 bridgehead atoms. The highest BCUT2D eigenvalue weighted by Crippen LogP contribution is 2.16. The zero-order chi connectivity index (χ0) is 13.2. The van der Waals surface area contributed by atoms with Gasteiger partial charge in [0.2, 0.25) is 0 Å². The van der Waals surface area contributed by atoms with Gasteiger partial charge in [-0.05, 0) is 57.7 Å². The van der Waals surface area contributed by atoms with Gasteiger partial charge in [0.05, 0.1) is 6.61 Å². The molecule has 1 atom stereocenters. The Morgan fingerprint density at radius 2 is 2.06 bits per heavy atom. The molecule has 0 aromatic heterocycles. The van der Waals surface area contributed by atoms with Gasteiger partial charge in [-0.2, -0.15) is 0 Å². The summed E-state index contributed by atoms with van der Waals surface area (Å²) in [6.45, 7) is 10.3. The molecule has 0 aliphatic carbocycles. The van der Waals surface area contributed by atoms with E-state index in [0.717, 1.165) is 25.1 Å². The van der Waals surface area contributed by atoms with E-state index in [2.05, 4.69) is 24.1 Å². The number of methoxy groups -OCH3 is 1. The zero-order valence-electron chi connectivity index (χ0n) is 12.6. The highest BCUT2D eigenvalue weighted by atomic mass is 16.5. The van der Waals surface area contributed by atoms with Gasteiger partial charge in [-0.15, -0.1) is 0 Å². The van der Waals surface area contributed by atoms with E-state index in [1.54, 1.807) is 7.11 Å². The fourth-order valence-corrected chi connectivity index (χ4v) is 3.03. The quantitative estimate of drug-likeness (QED) is 0.650. The SMILES string of the molecule is CCC(CC)N(CCCC1CCNC1)CCOC. The summed E-state index contributed by atoms with van der Waals surface area (Å²) in [6.07, 6.45) is 6.61. The molecular formula is C15H32N2O. The van der Waals surface area contributed by atoms with E-state index in [9.17, 15) is 0 Å². The molecule has 1 N–H and O–H groups in total. The second kappa shape index (κ2) is 9.76. The Kier molecular flexibility index (Phi) is 8.64. The summed E-state index contributed by atoms with van der Waals surface area (Å²) >= 11 is 0. The fraction of sp³-hybridized carbons (Fsp3) is 1.00. The molecule has 1 aliphatic heterocycles. The lowest BCUT2D eigenvalue weighted by atomic mass is 10.0. The predicted octanol–water partition coefficient (Wildman–Crippen LogP) is 2.51. The molecule has 18 heavy (non-hydrogen) atoms. The molecule has 1 fully saturated rings. The molecule has 108 valence electrons. The summed E-state index contributed by atoms with van der Waals surface area (Å²) in [4.78, 5) is 2.63. The number of rotatable bonds is 10. The van der Waals surface area contributed by atoms with Crippen LogP contribution in [0.1, 0.15) is 46.0 Å². The average molecular weight is 256 g/mol. The van der Waals surface area contributed by atoms with Crippen LogP contribution in [0.5, 0.6) is 0 Å². The minimum absolute atomic E-state index is 0.738. The third-order valence-electron chi connectivity index (χ3n) is 4.26. The lowest BCUT2D eigenvalue weighted by Gasteiger charge is -2.30. The van der Waals surface area contributed by atoms with Gasteiger partial charge >= 0.3 is 0 Å². The van der Waals surface area contributed by atoms with Crippen molar-refractivity contribution < 1.29 is 4.74 Å². The lowest BCUT2D eigenvalue weighted by molar-refractivity contribution is 0.113. The number of hydrogen-bond donors (Lipinski definition) is 1. The molecule has 3 heteroatoms. The Hall–Kier alpha value is -0.120. The van der Waals surface area contributed by atoms with Gasteiger partial charge in [0.1, 0.15) is 0 Å². The van der Waals surface area contributed by atoms with Crippen molar-refractivity contribution in [3.05, 3.63) is 0 Å². The maximum absolute atomic E-state index is 5.24. The average Bonchev–Trinajstić information content (AvgIpc) is 2.89. The van der Waals surface area contributed by atoms with Crippen LogP contribution in [0.15, 0.2) is 0 Å². The number of ether oxygens (including phenoxy) is 1. The summed E-state index contributed by atoms with van der Waals surface area (Å²) in [6, 6.07) is 0.738. The third-order valence-corrected chi connectivity index (χ3v) is 4.26. The number of nitrogens with zero attached hydrogens (tertiary/aromatic N) is 1. The van der Waals surface area contributed by atoms with E-state index in [0.29, 0.717) is 0 Å². The van der Waals surface area contributed by atoms with Crippen LogP contribution in [0.4, 0.5) is 0 Å². The molecular weight excluding hydrogens is 224 g/mol. The van der Waals surface area contributed by atoms with Gasteiger partial charge in [0.15, 0.2) is 0 Å². The van der Waals surface area contributed by atoms with Crippen LogP contribution in [0.3, 0.4) is 0 Å². The second-order valence-electron chi connectivity index (χ2n) is 5.50. The maximum atomic E-state index is 5.24. The maximum Gasteiger partial charge on any atom is 0.0589 e. The van der Waals surface area contributed by atoms with E-state index < -0.39 is 0 Å². The van der Waals surface area contributed by atoms with Crippen molar-refractivity contribution in [3.63, 3.8) is 0 Å². The smallest absolute Gasteiger partial charge is 0.0589 e. The van der Waals surface area contributed by atoms with Crippen molar-refractivity contribution in [1.82, 2.24) is 10.2 Å². The van der Waals surface area contributed by atoms with Crippen molar-refractivity contribution in [2.24, 2.45) is 5.92 Å². The molecule has 1 heterocycles. The van der Waals surface area contributed by atoms with E-state index in [-0.39, 0.29) is 0 Å². The summed E-state index contributed by atoms with van der Waals surface area (Å²) < 4.78 is 5.24. The highest BCUT2D eigenvalue weighted by molar-refractivity contribution is 4.73. The number of hydrogen-bond acceptors (Lipinski definition) is 3. The highest BCUT2D eigenvalue weighted by Gasteiger charge is 2.17. The van der Waals surface area contributed by atoms with Gasteiger partial charge in [-0.1, -0.05) is 13.8 Å². The van der Waals surface area contributed by atoms with Crippen molar-refractivity contribution in [2.45, 2.75) is 52.0 Å². The Labute approximate surface area is 113 Å². The van der Waals surface area contributed by atoms with E-state index in [1.807, 2.05) is 0 Å². The monoisotopic (exact) mass is 256 g/mol.